The maximum atomic E-state index is 6.23. The highest BCUT2D eigenvalue weighted by Gasteiger charge is 2.13. The van der Waals surface area contributed by atoms with E-state index in [0.29, 0.717) is 0 Å². The number of hydrogen-bond acceptors (Lipinski definition) is 4. The van der Waals surface area contributed by atoms with Crippen LogP contribution in [0.1, 0.15) is 13.3 Å². The van der Waals surface area contributed by atoms with E-state index in [1.807, 2.05) is 23.6 Å². The van der Waals surface area contributed by atoms with Gasteiger partial charge in [0.25, 0.3) is 0 Å². The first-order chi connectivity index (χ1) is 9.81. The summed E-state index contributed by atoms with van der Waals surface area (Å²) < 4.78 is 0. The van der Waals surface area contributed by atoms with Crippen molar-refractivity contribution in [2.45, 2.75) is 13.3 Å². The minimum atomic E-state index is 0.726. The van der Waals surface area contributed by atoms with Gasteiger partial charge in [-0.3, -0.25) is 0 Å². The van der Waals surface area contributed by atoms with Crippen molar-refractivity contribution in [2.24, 2.45) is 0 Å². The van der Waals surface area contributed by atoms with Crippen LogP contribution in [0.15, 0.2) is 35.7 Å². The molecule has 0 amide bonds. The Kier molecular flexibility index (Phi) is 3.85. The number of aromatic nitrogens is 2. The van der Waals surface area contributed by atoms with Crippen molar-refractivity contribution >= 4 is 39.5 Å². The molecule has 5 heteroatoms. The Bertz CT molecular complexity index is 739. The zero-order chi connectivity index (χ0) is 13.9. The van der Waals surface area contributed by atoms with E-state index < -0.39 is 0 Å². The number of benzene rings is 1. The summed E-state index contributed by atoms with van der Waals surface area (Å²) in [6.45, 7) is 3.01. The molecule has 0 aliphatic heterocycles. The van der Waals surface area contributed by atoms with Crippen molar-refractivity contribution in [2.75, 3.05) is 11.9 Å². The van der Waals surface area contributed by atoms with Crippen LogP contribution in [0.3, 0.4) is 0 Å². The van der Waals surface area contributed by atoms with Crippen molar-refractivity contribution in [3.63, 3.8) is 0 Å². The number of thiophene rings is 1. The molecule has 0 radical (unpaired) electrons. The molecule has 0 saturated heterocycles. The molecule has 0 fully saturated rings. The molecule has 102 valence electrons. The molecule has 0 atom stereocenters. The number of hydrogen-bond donors (Lipinski definition) is 1. The number of nitrogens with zero attached hydrogens (tertiary/aromatic N) is 2. The lowest BCUT2D eigenvalue weighted by Crippen LogP contribution is -2.04. The van der Waals surface area contributed by atoms with Crippen LogP contribution in [-0.2, 0) is 0 Å². The molecule has 3 rings (SSSR count). The molecule has 2 heterocycles. The van der Waals surface area contributed by atoms with E-state index >= 15 is 0 Å². The van der Waals surface area contributed by atoms with Gasteiger partial charge in [-0.2, -0.15) is 0 Å². The molecule has 0 aliphatic rings. The Morgan fingerprint density at radius 1 is 1.15 bits per heavy atom. The molecule has 1 aromatic carbocycles. The zero-order valence-corrected chi connectivity index (χ0v) is 12.6. The Morgan fingerprint density at radius 3 is 2.65 bits per heavy atom. The third kappa shape index (κ3) is 2.37. The second-order valence-corrected chi connectivity index (χ2v) is 5.79. The Hall–Kier alpha value is -1.65. The van der Waals surface area contributed by atoms with E-state index in [0.717, 1.165) is 45.1 Å². The standard InChI is InChI=1S/C15H14ClN3S/c1-2-8-17-15-11-6-4-3-5-10(11)13(18-19-15)14-12(16)7-9-20-14/h3-7,9H,2,8H2,1H3,(H,17,19). The highest BCUT2D eigenvalue weighted by Crippen LogP contribution is 2.36. The van der Waals surface area contributed by atoms with Crippen molar-refractivity contribution < 1.29 is 0 Å². The molecule has 0 bridgehead atoms. The number of nitrogens with one attached hydrogen (secondary N) is 1. The average Bonchev–Trinajstić information content (AvgIpc) is 2.91. The quantitative estimate of drug-likeness (QED) is 0.750. The second kappa shape index (κ2) is 5.77. The summed E-state index contributed by atoms with van der Waals surface area (Å²) in [5.74, 6) is 0.832. The van der Waals surface area contributed by atoms with Crippen LogP contribution < -0.4 is 5.32 Å². The molecule has 0 saturated carbocycles. The van der Waals surface area contributed by atoms with E-state index in [-0.39, 0.29) is 0 Å². The smallest absolute Gasteiger partial charge is 0.156 e. The predicted octanol–water partition coefficient (Wildman–Crippen LogP) is 4.83. The number of halogens is 1. The van der Waals surface area contributed by atoms with E-state index in [4.69, 9.17) is 11.6 Å². The lowest BCUT2D eigenvalue weighted by molar-refractivity contribution is 0.953. The van der Waals surface area contributed by atoms with E-state index in [2.05, 4.69) is 34.6 Å². The SMILES string of the molecule is CCCNc1nnc(-c2sccc2Cl)c2ccccc12. The van der Waals surface area contributed by atoms with Crippen LogP contribution in [-0.4, -0.2) is 16.7 Å². The molecule has 1 N–H and O–H groups in total. The summed E-state index contributed by atoms with van der Waals surface area (Å²) in [4.78, 5) is 0.970. The minimum Gasteiger partial charge on any atom is -0.368 e. The van der Waals surface area contributed by atoms with Crippen LogP contribution in [0.25, 0.3) is 21.3 Å². The molecular weight excluding hydrogens is 290 g/mol. The van der Waals surface area contributed by atoms with Crippen molar-refractivity contribution in [1.82, 2.24) is 10.2 Å². The van der Waals surface area contributed by atoms with Gasteiger partial charge in [0, 0.05) is 17.3 Å². The van der Waals surface area contributed by atoms with E-state index in [9.17, 15) is 0 Å². The summed E-state index contributed by atoms with van der Waals surface area (Å²) in [5.41, 5.74) is 0.850. The van der Waals surface area contributed by atoms with Crippen LogP contribution >= 0.6 is 22.9 Å². The topological polar surface area (TPSA) is 37.8 Å². The van der Waals surface area contributed by atoms with Crippen molar-refractivity contribution in [3.05, 3.63) is 40.7 Å². The first-order valence-corrected chi connectivity index (χ1v) is 7.79. The first kappa shape index (κ1) is 13.3. The van der Waals surface area contributed by atoms with Crippen LogP contribution in [0, 0.1) is 0 Å². The average molecular weight is 304 g/mol. The van der Waals surface area contributed by atoms with Gasteiger partial charge in [-0.05, 0) is 17.9 Å². The molecule has 0 aliphatic carbocycles. The second-order valence-electron chi connectivity index (χ2n) is 4.47. The third-order valence-electron chi connectivity index (χ3n) is 3.06. The molecule has 20 heavy (non-hydrogen) atoms. The van der Waals surface area contributed by atoms with E-state index in [1.165, 1.54) is 0 Å². The lowest BCUT2D eigenvalue weighted by atomic mass is 10.1. The normalized spacial score (nSPS) is 10.9. The van der Waals surface area contributed by atoms with Crippen LogP contribution in [0.2, 0.25) is 5.02 Å². The fourth-order valence-electron chi connectivity index (χ4n) is 2.11. The van der Waals surface area contributed by atoms with Gasteiger partial charge in [-0.15, -0.1) is 21.5 Å². The van der Waals surface area contributed by atoms with Gasteiger partial charge in [-0.1, -0.05) is 42.8 Å². The fourth-order valence-corrected chi connectivity index (χ4v) is 3.25. The molecule has 2 aromatic heterocycles. The molecular formula is C15H14ClN3S. The first-order valence-electron chi connectivity index (χ1n) is 6.54. The predicted molar refractivity (Wildman–Crippen MR) is 86.6 cm³/mol. The molecule has 0 unspecified atom stereocenters. The van der Waals surface area contributed by atoms with Crippen molar-refractivity contribution in [3.8, 4) is 10.6 Å². The van der Waals surface area contributed by atoms with Gasteiger partial charge >= 0.3 is 0 Å². The molecule has 0 spiro atoms. The highest BCUT2D eigenvalue weighted by atomic mass is 35.5. The van der Waals surface area contributed by atoms with Gasteiger partial charge in [0.1, 0.15) is 5.69 Å². The van der Waals surface area contributed by atoms with Crippen molar-refractivity contribution in [1.29, 1.82) is 0 Å². The van der Waals surface area contributed by atoms with Gasteiger partial charge in [-0.25, -0.2) is 0 Å². The highest BCUT2D eigenvalue weighted by molar-refractivity contribution is 7.14. The van der Waals surface area contributed by atoms with Crippen LogP contribution in [0.4, 0.5) is 5.82 Å². The number of fused-ring (bicyclic) bond motifs is 1. The summed E-state index contributed by atoms with van der Waals surface area (Å²) in [6.07, 6.45) is 1.05. The molecule has 3 nitrogen and oxygen atoms in total. The van der Waals surface area contributed by atoms with Gasteiger partial charge in [0.05, 0.1) is 9.90 Å². The summed E-state index contributed by atoms with van der Waals surface area (Å²) in [6, 6.07) is 10.0. The maximum absolute atomic E-state index is 6.23. The summed E-state index contributed by atoms with van der Waals surface area (Å²) in [5, 5.41) is 16.9. The Labute approximate surface area is 126 Å². The Morgan fingerprint density at radius 2 is 1.95 bits per heavy atom. The summed E-state index contributed by atoms with van der Waals surface area (Å²) >= 11 is 7.81. The minimum absolute atomic E-state index is 0.726. The number of rotatable bonds is 4. The van der Waals surface area contributed by atoms with Crippen LogP contribution in [0.5, 0.6) is 0 Å². The van der Waals surface area contributed by atoms with Gasteiger partial charge in [0.15, 0.2) is 5.82 Å². The Balaban J connectivity index is 2.19. The zero-order valence-electron chi connectivity index (χ0n) is 11.1. The molecule has 3 aromatic rings. The maximum Gasteiger partial charge on any atom is 0.156 e. The van der Waals surface area contributed by atoms with E-state index in [1.54, 1.807) is 11.3 Å². The van der Waals surface area contributed by atoms with Gasteiger partial charge < -0.3 is 5.32 Å². The third-order valence-corrected chi connectivity index (χ3v) is 4.41. The summed E-state index contributed by atoms with van der Waals surface area (Å²) in [7, 11) is 0. The monoisotopic (exact) mass is 303 g/mol. The largest absolute Gasteiger partial charge is 0.368 e. The lowest BCUT2D eigenvalue weighted by Gasteiger charge is -2.09. The van der Waals surface area contributed by atoms with Gasteiger partial charge in [0.2, 0.25) is 0 Å². The number of anilines is 1. The fraction of sp³-hybridized carbons (Fsp3) is 0.200.